The smallest absolute Gasteiger partial charge is 0.123 e. The van der Waals surface area contributed by atoms with Crippen LogP contribution in [0.4, 0.5) is 0 Å². The zero-order chi connectivity index (χ0) is 14.9. The molecule has 3 heteroatoms. The molecule has 1 N–H and O–H groups in total. The molecule has 1 fully saturated rings. The van der Waals surface area contributed by atoms with Crippen molar-refractivity contribution >= 4 is 0 Å². The molecule has 0 aliphatic carbocycles. The number of nitrogens with zero attached hydrogens (tertiary/aromatic N) is 1. The van der Waals surface area contributed by atoms with Gasteiger partial charge in [0.25, 0.3) is 0 Å². The van der Waals surface area contributed by atoms with Gasteiger partial charge in [-0.3, -0.25) is 0 Å². The maximum absolute atomic E-state index is 5.48. The maximum Gasteiger partial charge on any atom is 0.123 e. The molecule has 118 valence electrons. The number of hydrogen-bond acceptors (Lipinski definition) is 3. The molecule has 1 saturated heterocycles. The van der Waals surface area contributed by atoms with E-state index in [-0.39, 0.29) is 0 Å². The second kappa shape index (κ2) is 9.06. The van der Waals surface area contributed by atoms with Crippen molar-refractivity contribution in [2.45, 2.75) is 45.1 Å². The minimum atomic E-state index is 0.391. The summed E-state index contributed by atoms with van der Waals surface area (Å²) < 4.78 is 5.48. The predicted molar refractivity (Wildman–Crippen MR) is 88.9 cm³/mol. The Morgan fingerprint density at radius 3 is 2.67 bits per heavy atom. The molecule has 0 saturated carbocycles. The molecule has 1 aromatic rings. The standard InChI is InChI=1S/C18H30N2O/c1-3-17(16-10-5-6-11-18(16)21-2)19-12-9-15-20-13-7-4-8-14-20/h5-6,10-11,17,19H,3-4,7-9,12-15H2,1-2H3. The first-order valence-corrected chi connectivity index (χ1v) is 8.43. The summed E-state index contributed by atoms with van der Waals surface area (Å²) in [5.74, 6) is 0.993. The molecule has 3 nitrogen and oxygen atoms in total. The molecular formula is C18H30N2O. The first kappa shape index (κ1) is 16.3. The lowest BCUT2D eigenvalue weighted by atomic mass is 10.0. The van der Waals surface area contributed by atoms with Crippen molar-refractivity contribution in [1.29, 1.82) is 0 Å². The van der Waals surface area contributed by atoms with Crippen molar-refractivity contribution in [2.24, 2.45) is 0 Å². The Bertz CT molecular complexity index is 402. The van der Waals surface area contributed by atoms with Gasteiger partial charge in [0.1, 0.15) is 5.75 Å². The largest absolute Gasteiger partial charge is 0.496 e. The Morgan fingerprint density at radius 1 is 1.19 bits per heavy atom. The van der Waals surface area contributed by atoms with Crippen molar-refractivity contribution in [1.82, 2.24) is 10.2 Å². The fraction of sp³-hybridized carbons (Fsp3) is 0.667. The quantitative estimate of drug-likeness (QED) is 0.740. The van der Waals surface area contributed by atoms with Gasteiger partial charge in [0, 0.05) is 11.6 Å². The summed E-state index contributed by atoms with van der Waals surface area (Å²) in [6, 6.07) is 8.74. The van der Waals surface area contributed by atoms with Crippen LogP contribution < -0.4 is 10.1 Å². The van der Waals surface area contributed by atoms with Gasteiger partial charge < -0.3 is 15.0 Å². The molecule has 1 aromatic carbocycles. The number of benzene rings is 1. The lowest BCUT2D eigenvalue weighted by Gasteiger charge is -2.27. The molecule has 0 amide bonds. The van der Waals surface area contributed by atoms with Gasteiger partial charge >= 0.3 is 0 Å². The van der Waals surface area contributed by atoms with Gasteiger partial charge in [-0.15, -0.1) is 0 Å². The fourth-order valence-corrected chi connectivity index (χ4v) is 3.19. The van der Waals surface area contributed by atoms with Gasteiger partial charge in [-0.05, 0) is 57.9 Å². The molecular weight excluding hydrogens is 260 g/mol. The van der Waals surface area contributed by atoms with Crippen molar-refractivity contribution in [2.75, 3.05) is 33.3 Å². The van der Waals surface area contributed by atoms with E-state index in [0.717, 1.165) is 18.7 Å². The molecule has 0 spiro atoms. The van der Waals surface area contributed by atoms with Crippen LogP contribution in [0.25, 0.3) is 0 Å². The predicted octanol–water partition coefficient (Wildman–Crippen LogP) is 3.61. The molecule has 0 aromatic heterocycles. The molecule has 1 aliphatic rings. The fourth-order valence-electron chi connectivity index (χ4n) is 3.19. The summed E-state index contributed by atoms with van der Waals surface area (Å²) in [7, 11) is 1.75. The first-order valence-electron chi connectivity index (χ1n) is 8.43. The van der Waals surface area contributed by atoms with Crippen molar-refractivity contribution < 1.29 is 4.74 Å². The molecule has 1 atom stereocenters. The highest BCUT2D eigenvalue weighted by Crippen LogP contribution is 2.26. The van der Waals surface area contributed by atoms with E-state index in [2.05, 4.69) is 29.3 Å². The Labute approximate surface area is 129 Å². The van der Waals surface area contributed by atoms with Gasteiger partial charge in [-0.1, -0.05) is 31.5 Å². The monoisotopic (exact) mass is 290 g/mol. The third-order valence-electron chi connectivity index (χ3n) is 4.41. The van der Waals surface area contributed by atoms with Gasteiger partial charge in [0.05, 0.1) is 7.11 Å². The Hall–Kier alpha value is -1.06. The summed E-state index contributed by atoms with van der Waals surface area (Å²) in [6.07, 6.45) is 6.49. The Morgan fingerprint density at radius 2 is 1.95 bits per heavy atom. The summed E-state index contributed by atoms with van der Waals surface area (Å²) in [5.41, 5.74) is 1.28. The average molecular weight is 290 g/mol. The molecule has 21 heavy (non-hydrogen) atoms. The van der Waals surface area contributed by atoms with Crippen LogP contribution in [0, 0.1) is 0 Å². The second-order valence-corrected chi connectivity index (χ2v) is 5.91. The molecule has 2 rings (SSSR count). The van der Waals surface area contributed by atoms with Crippen molar-refractivity contribution in [3.63, 3.8) is 0 Å². The minimum absolute atomic E-state index is 0.391. The number of rotatable bonds is 8. The number of methoxy groups -OCH3 is 1. The second-order valence-electron chi connectivity index (χ2n) is 5.91. The van der Waals surface area contributed by atoms with Crippen molar-refractivity contribution in [3.8, 4) is 5.75 Å². The number of likely N-dealkylation sites (tertiary alicyclic amines) is 1. The third-order valence-corrected chi connectivity index (χ3v) is 4.41. The normalized spacial score (nSPS) is 17.6. The zero-order valence-corrected chi connectivity index (χ0v) is 13.6. The van der Waals surface area contributed by atoms with E-state index in [0.29, 0.717) is 6.04 Å². The number of nitrogens with one attached hydrogen (secondary N) is 1. The van der Waals surface area contributed by atoms with Crippen molar-refractivity contribution in [3.05, 3.63) is 29.8 Å². The third kappa shape index (κ3) is 5.01. The van der Waals surface area contributed by atoms with E-state index in [1.165, 1.54) is 50.9 Å². The first-order chi connectivity index (χ1) is 10.3. The minimum Gasteiger partial charge on any atom is -0.496 e. The SMILES string of the molecule is CCC(NCCCN1CCCCC1)c1ccccc1OC. The number of hydrogen-bond donors (Lipinski definition) is 1. The van der Waals surface area contributed by atoms with Crippen LogP contribution in [-0.2, 0) is 0 Å². The highest BCUT2D eigenvalue weighted by molar-refractivity contribution is 5.35. The van der Waals surface area contributed by atoms with Crippen LogP contribution in [0.1, 0.15) is 50.6 Å². The highest BCUT2D eigenvalue weighted by Gasteiger charge is 2.14. The summed E-state index contributed by atoms with van der Waals surface area (Å²) in [6.45, 7) is 7.13. The topological polar surface area (TPSA) is 24.5 Å². The Kier molecular flexibility index (Phi) is 7.04. The van der Waals surface area contributed by atoms with Crippen LogP contribution in [0.2, 0.25) is 0 Å². The molecule has 0 radical (unpaired) electrons. The maximum atomic E-state index is 5.48. The summed E-state index contributed by atoms with van der Waals surface area (Å²) in [5, 5.41) is 3.69. The van der Waals surface area contributed by atoms with E-state index >= 15 is 0 Å². The van der Waals surface area contributed by atoms with Crippen LogP contribution >= 0.6 is 0 Å². The van der Waals surface area contributed by atoms with E-state index in [1.807, 2.05) is 12.1 Å². The molecule has 1 aliphatic heterocycles. The van der Waals surface area contributed by atoms with Gasteiger partial charge in [-0.25, -0.2) is 0 Å². The number of para-hydroxylation sites is 1. The van der Waals surface area contributed by atoms with Gasteiger partial charge in [0.15, 0.2) is 0 Å². The average Bonchev–Trinajstić information content (AvgIpc) is 2.56. The summed E-state index contributed by atoms with van der Waals surface area (Å²) >= 11 is 0. The van der Waals surface area contributed by atoms with E-state index in [4.69, 9.17) is 4.74 Å². The molecule has 0 bridgehead atoms. The Balaban J connectivity index is 1.76. The van der Waals surface area contributed by atoms with E-state index in [1.54, 1.807) is 7.11 Å². The van der Waals surface area contributed by atoms with Crippen LogP contribution in [0.15, 0.2) is 24.3 Å². The number of piperidine rings is 1. The summed E-state index contributed by atoms with van der Waals surface area (Å²) in [4.78, 5) is 2.61. The molecule has 1 heterocycles. The highest BCUT2D eigenvalue weighted by atomic mass is 16.5. The van der Waals surface area contributed by atoms with E-state index < -0.39 is 0 Å². The number of ether oxygens (including phenoxy) is 1. The zero-order valence-electron chi connectivity index (χ0n) is 13.6. The van der Waals surface area contributed by atoms with E-state index in [9.17, 15) is 0 Å². The van der Waals surface area contributed by atoms with Gasteiger partial charge in [0.2, 0.25) is 0 Å². The van der Waals surface area contributed by atoms with Crippen LogP contribution in [-0.4, -0.2) is 38.2 Å². The lowest BCUT2D eigenvalue weighted by molar-refractivity contribution is 0.224. The van der Waals surface area contributed by atoms with Crippen LogP contribution in [0.3, 0.4) is 0 Å². The lowest BCUT2D eigenvalue weighted by Crippen LogP contribution is -2.32. The van der Waals surface area contributed by atoms with Gasteiger partial charge in [-0.2, -0.15) is 0 Å². The van der Waals surface area contributed by atoms with Crippen LogP contribution in [0.5, 0.6) is 5.75 Å². The molecule has 1 unspecified atom stereocenters.